The zero-order valence-corrected chi connectivity index (χ0v) is 12.8. The maximum atomic E-state index is 11.7. The molecule has 108 valence electrons. The molecule has 1 aromatic heterocycles. The van der Waals surface area contributed by atoms with Gasteiger partial charge < -0.3 is 10.6 Å². The maximum Gasteiger partial charge on any atom is 0.220 e. The van der Waals surface area contributed by atoms with Crippen molar-refractivity contribution >= 4 is 29.7 Å². The molecule has 0 spiro atoms. The molecule has 0 aliphatic carbocycles. The molecule has 0 bridgehead atoms. The molecule has 0 aromatic carbocycles. The number of hydrogen-bond acceptors (Lipinski definition) is 3. The second-order valence-corrected chi connectivity index (χ2v) is 5.76. The highest BCUT2D eigenvalue weighted by molar-refractivity contribution is 7.07. The maximum absolute atomic E-state index is 11.7. The van der Waals surface area contributed by atoms with E-state index in [-0.39, 0.29) is 18.3 Å². The summed E-state index contributed by atoms with van der Waals surface area (Å²) in [7, 11) is 0. The van der Waals surface area contributed by atoms with Crippen LogP contribution in [0, 0.1) is 5.92 Å². The summed E-state index contributed by atoms with van der Waals surface area (Å²) in [6.07, 6.45) is 5.16. The fourth-order valence-electron chi connectivity index (χ4n) is 2.37. The first kappa shape index (κ1) is 16.5. The van der Waals surface area contributed by atoms with E-state index in [2.05, 4.69) is 27.5 Å². The first-order chi connectivity index (χ1) is 8.84. The van der Waals surface area contributed by atoms with Crippen LogP contribution in [0.1, 0.15) is 31.2 Å². The van der Waals surface area contributed by atoms with Crippen LogP contribution in [0.5, 0.6) is 0 Å². The zero-order chi connectivity index (χ0) is 12.6. The molecule has 0 saturated carbocycles. The Hall–Kier alpha value is -0.580. The van der Waals surface area contributed by atoms with Crippen LogP contribution in [0.25, 0.3) is 0 Å². The highest BCUT2D eigenvalue weighted by atomic mass is 35.5. The standard InChI is InChI=1S/C14H22N2OS.ClH/c17-14(4-3-13-6-9-18-11-13)16-8-5-12-2-1-7-15-10-12;/h6,9,11-12,15H,1-5,7-8,10H2,(H,16,17);1H. The molecule has 19 heavy (non-hydrogen) atoms. The predicted molar refractivity (Wildman–Crippen MR) is 83.1 cm³/mol. The summed E-state index contributed by atoms with van der Waals surface area (Å²) in [6.45, 7) is 3.10. The van der Waals surface area contributed by atoms with Crippen molar-refractivity contribution in [3.63, 3.8) is 0 Å². The van der Waals surface area contributed by atoms with Gasteiger partial charge in [0.25, 0.3) is 0 Å². The quantitative estimate of drug-likeness (QED) is 0.848. The van der Waals surface area contributed by atoms with Crippen LogP contribution in [0.15, 0.2) is 16.8 Å². The summed E-state index contributed by atoms with van der Waals surface area (Å²) in [5.74, 6) is 0.931. The topological polar surface area (TPSA) is 41.1 Å². The van der Waals surface area contributed by atoms with Crippen molar-refractivity contribution in [3.05, 3.63) is 22.4 Å². The van der Waals surface area contributed by atoms with E-state index in [0.717, 1.165) is 38.4 Å². The number of halogens is 1. The van der Waals surface area contributed by atoms with Gasteiger partial charge in [0, 0.05) is 13.0 Å². The largest absolute Gasteiger partial charge is 0.356 e. The van der Waals surface area contributed by atoms with Crippen LogP contribution >= 0.6 is 23.7 Å². The third kappa shape index (κ3) is 6.41. The fraction of sp³-hybridized carbons (Fsp3) is 0.643. The number of carbonyl (C=O) groups is 1. The number of carbonyl (C=O) groups excluding carboxylic acids is 1. The van der Waals surface area contributed by atoms with Gasteiger partial charge in [0.2, 0.25) is 5.91 Å². The molecule has 5 heteroatoms. The number of amides is 1. The van der Waals surface area contributed by atoms with E-state index < -0.39 is 0 Å². The summed E-state index contributed by atoms with van der Waals surface area (Å²) in [6, 6.07) is 2.09. The smallest absolute Gasteiger partial charge is 0.220 e. The van der Waals surface area contributed by atoms with Crippen LogP contribution in [0.3, 0.4) is 0 Å². The monoisotopic (exact) mass is 302 g/mol. The van der Waals surface area contributed by atoms with E-state index in [1.807, 2.05) is 0 Å². The van der Waals surface area contributed by atoms with Gasteiger partial charge in [-0.15, -0.1) is 12.4 Å². The number of rotatable bonds is 6. The van der Waals surface area contributed by atoms with Crippen LogP contribution in [0.2, 0.25) is 0 Å². The average molecular weight is 303 g/mol. The van der Waals surface area contributed by atoms with E-state index >= 15 is 0 Å². The zero-order valence-electron chi connectivity index (χ0n) is 11.2. The highest BCUT2D eigenvalue weighted by Gasteiger charge is 2.12. The van der Waals surface area contributed by atoms with E-state index in [9.17, 15) is 4.79 Å². The minimum atomic E-state index is 0. The molecular weight excluding hydrogens is 280 g/mol. The molecule has 2 N–H and O–H groups in total. The van der Waals surface area contributed by atoms with Gasteiger partial charge >= 0.3 is 0 Å². The lowest BCUT2D eigenvalue weighted by Gasteiger charge is -2.22. The molecule has 0 radical (unpaired) electrons. The van der Waals surface area contributed by atoms with Gasteiger partial charge in [0.15, 0.2) is 0 Å². The summed E-state index contributed by atoms with van der Waals surface area (Å²) in [4.78, 5) is 11.7. The van der Waals surface area contributed by atoms with E-state index in [4.69, 9.17) is 0 Å². The fourth-order valence-corrected chi connectivity index (χ4v) is 3.07. The summed E-state index contributed by atoms with van der Waals surface area (Å²) in [5.41, 5.74) is 1.27. The van der Waals surface area contributed by atoms with Crippen molar-refractivity contribution in [2.24, 2.45) is 5.92 Å². The van der Waals surface area contributed by atoms with Gasteiger partial charge in [-0.2, -0.15) is 11.3 Å². The third-order valence-corrected chi connectivity index (χ3v) is 4.23. The lowest BCUT2D eigenvalue weighted by Crippen LogP contribution is -2.33. The molecule has 1 saturated heterocycles. The Kier molecular flexibility index (Phi) is 8.10. The number of aryl methyl sites for hydroxylation is 1. The molecule has 1 aliphatic rings. The normalized spacial score (nSPS) is 18.6. The van der Waals surface area contributed by atoms with Gasteiger partial charge in [-0.3, -0.25) is 4.79 Å². The van der Waals surface area contributed by atoms with Gasteiger partial charge in [0.1, 0.15) is 0 Å². The Morgan fingerprint density at radius 2 is 2.42 bits per heavy atom. The van der Waals surface area contributed by atoms with Crippen molar-refractivity contribution < 1.29 is 4.79 Å². The Labute approximate surface area is 125 Å². The molecule has 1 aliphatic heterocycles. The Morgan fingerprint density at radius 3 is 3.11 bits per heavy atom. The third-order valence-electron chi connectivity index (χ3n) is 3.49. The van der Waals surface area contributed by atoms with Gasteiger partial charge in [-0.25, -0.2) is 0 Å². The minimum absolute atomic E-state index is 0. The predicted octanol–water partition coefficient (Wildman–Crippen LogP) is 2.61. The molecule has 1 amide bonds. The van der Waals surface area contributed by atoms with E-state index in [0.29, 0.717) is 6.42 Å². The Balaban J connectivity index is 0.00000180. The van der Waals surface area contributed by atoms with Crippen molar-refractivity contribution in [1.82, 2.24) is 10.6 Å². The van der Waals surface area contributed by atoms with Crippen LogP contribution < -0.4 is 10.6 Å². The van der Waals surface area contributed by atoms with E-state index in [1.54, 1.807) is 11.3 Å². The average Bonchev–Trinajstić information content (AvgIpc) is 2.91. The molecule has 2 heterocycles. The van der Waals surface area contributed by atoms with Crippen LogP contribution in [0.4, 0.5) is 0 Å². The number of nitrogens with one attached hydrogen (secondary N) is 2. The minimum Gasteiger partial charge on any atom is -0.356 e. The second-order valence-electron chi connectivity index (χ2n) is 4.98. The first-order valence-corrected chi connectivity index (χ1v) is 7.77. The number of hydrogen-bond donors (Lipinski definition) is 2. The van der Waals surface area contributed by atoms with Crippen molar-refractivity contribution in [2.75, 3.05) is 19.6 Å². The van der Waals surface area contributed by atoms with Gasteiger partial charge in [-0.1, -0.05) is 0 Å². The van der Waals surface area contributed by atoms with Crippen molar-refractivity contribution in [3.8, 4) is 0 Å². The second kappa shape index (κ2) is 9.34. The summed E-state index contributed by atoms with van der Waals surface area (Å²) in [5, 5.41) is 10.6. The lowest BCUT2D eigenvalue weighted by molar-refractivity contribution is -0.121. The summed E-state index contributed by atoms with van der Waals surface area (Å²) < 4.78 is 0. The lowest BCUT2D eigenvalue weighted by atomic mass is 9.96. The summed E-state index contributed by atoms with van der Waals surface area (Å²) >= 11 is 1.69. The van der Waals surface area contributed by atoms with Crippen LogP contribution in [-0.4, -0.2) is 25.5 Å². The molecular formula is C14H23ClN2OS. The molecule has 1 aromatic rings. The molecule has 3 nitrogen and oxygen atoms in total. The molecule has 2 rings (SSSR count). The Morgan fingerprint density at radius 1 is 1.53 bits per heavy atom. The highest BCUT2D eigenvalue weighted by Crippen LogP contribution is 2.13. The van der Waals surface area contributed by atoms with Crippen molar-refractivity contribution in [1.29, 1.82) is 0 Å². The molecule has 1 unspecified atom stereocenters. The van der Waals surface area contributed by atoms with Crippen molar-refractivity contribution in [2.45, 2.75) is 32.1 Å². The Bertz CT molecular complexity index is 350. The van der Waals surface area contributed by atoms with Gasteiger partial charge in [-0.05, 0) is 67.1 Å². The number of thiophene rings is 1. The first-order valence-electron chi connectivity index (χ1n) is 6.83. The van der Waals surface area contributed by atoms with Crippen LogP contribution in [-0.2, 0) is 11.2 Å². The molecule has 1 atom stereocenters. The van der Waals surface area contributed by atoms with Gasteiger partial charge in [0.05, 0.1) is 0 Å². The SMILES string of the molecule is Cl.O=C(CCc1ccsc1)NCCC1CCCNC1. The van der Waals surface area contributed by atoms with E-state index in [1.165, 1.54) is 18.4 Å². The molecule has 1 fully saturated rings. The number of piperidine rings is 1.